The summed E-state index contributed by atoms with van der Waals surface area (Å²) in [5.74, 6) is -0.236. The Balaban J connectivity index is 2.00. The standard InChI is InChI=1S/C12H13FN4/c13-10-3-1-2-9(6-10)12-8-15-16-17(12)11-4-5-14-7-11/h1-3,6,8,11,14H,4-5,7H2. The normalized spacial score (nSPS) is 19.7. The molecule has 88 valence electrons. The van der Waals surface area contributed by atoms with Gasteiger partial charge in [0.05, 0.1) is 17.9 Å². The molecule has 1 aromatic heterocycles. The highest BCUT2D eigenvalue weighted by Crippen LogP contribution is 2.24. The zero-order valence-electron chi connectivity index (χ0n) is 9.31. The highest BCUT2D eigenvalue weighted by molar-refractivity contribution is 5.58. The van der Waals surface area contributed by atoms with Gasteiger partial charge in [-0.25, -0.2) is 9.07 Å². The maximum Gasteiger partial charge on any atom is 0.123 e. The van der Waals surface area contributed by atoms with Crippen LogP contribution in [0.1, 0.15) is 12.5 Å². The van der Waals surface area contributed by atoms with Crippen LogP contribution in [0.2, 0.25) is 0 Å². The minimum absolute atomic E-state index is 0.236. The fourth-order valence-corrected chi connectivity index (χ4v) is 2.22. The van der Waals surface area contributed by atoms with Gasteiger partial charge < -0.3 is 5.32 Å². The number of nitrogens with one attached hydrogen (secondary N) is 1. The molecule has 1 fully saturated rings. The van der Waals surface area contributed by atoms with Gasteiger partial charge in [-0.3, -0.25) is 0 Å². The molecular formula is C12H13FN4. The molecule has 3 rings (SSSR count). The van der Waals surface area contributed by atoms with Gasteiger partial charge in [0, 0.05) is 12.1 Å². The summed E-state index contributed by atoms with van der Waals surface area (Å²) in [6, 6.07) is 6.85. The molecule has 4 nitrogen and oxygen atoms in total. The van der Waals surface area contributed by atoms with Crippen molar-refractivity contribution < 1.29 is 4.39 Å². The van der Waals surface area contributed by atoms with E-state index in [0.717, 1.165) is 30.8 Å². The van der Waals surface area contributed by atoms with Crippen LogP contribution in [-0.2, 0) is 0 Å². The van der Waals surface area contributed by atoms with Crippen molar-refractivity contribution in [3.8, 4) is 11.3 Å². The number of aromatic nitrogens is 3. The Morgan fingerprint density at radius 3 is 3.12 bits per heavy atom. The first kappa shape index (κ1) is 10.4. The zero-order valence-corrected chi connectivity index (χ0v) is 9.31. The molecule has 1 atom stereocenters. The van der Waals surface area contributed by atoms with E-state index in [0.29, 0.717) is 6.04 Å². The molecule has 0 spiro atoms. The Morgan fingerprint density at radius 1 is 1.41 bits per heavy atom. The average Bonchev–Trinajstić information content (AvgIpc) is 3.00. The molecule has 1 aromatic carbocycles. The van der Waals surface area contributed by atoms with Crippen LogP contribution in [0, 0.1) is 5.82 Å². The maximum atomic E-state index is 13.2. The summed E-state index contributed by atoms with van der Waals surface area (Å²) in [5.41, 5.74) is 1.69. The molecule has 0 bridgehead atoms. The number of nitrogens with zero attached hydrogens (tertiary/aromatic N) is 3. The van der Waals surface area contributed by atoms with Gasteiger partial charge in [0.25, 0.3) is 0 Å². The highest BCUT2D eigenvalue weighted by Gasteiger charge is 2.20. The molecule has 17 heavy (non-hydrogen) atoms. The molecule has 1 unspecified atom stereocenters. The molecule has 1 aliphatic rings. The van der Waals surface area contributed by atoms with E-state index in [2.05, 4.69) is 15.6 Å². The lowest BCUT2D eigenvalue weighted by atomic mass is 10.1. The molecule has 1 N–H and O–H groups in total. The van der Waals surface area contributed by atoms with Crippen LogP contribution in [0.15, 0.2) is 30.5 Å². The van der Waals surface area contributed by atoms with Crippen LogP contribution in [0.25, 0.3) is 11.3 Å². The van der Waals surface area contributed by atoms with Gasteiger partial charge in [-0.15, -0.1) is 5.10 Å². The van der Waals surface area contributed by atoms with E-state index in [4.69, 9.17) is 0 Å². The second-order valence-electron chi connectivity index (χ2n) is 4.22. The molecular weight excluding hydrogens is 219 g/mol. The third-order valence-corrected chi connectivity index (χ3v) is 3.08. The quantitative estimate of drug-likeness (QED) is 0.855. The number of benzene rings is 1. The Bertz CT molecular complexity index is 517. The molecule has 1 aliphatic heterocycles. The summed E-state index contributed by atoms with van der Waals surface area (Å²) in [5, 5.41) is 11.3. The fourth-order valence-electron chi connectivity index (χ4n) is 2.22. The van der Waals surface area contributed by atoms with Gasteiger partial charge in [0.1, 0.15) is 5.82 Å². The average molecular weight is 232 g/mol. The SMILES string of the molecule is Fc1cccc(-c2cnnn2C2CCNC2)c1. The molecule has 0 amide bonds. The van der Waals surface area contributed by atoms with E-state index in [1.54, 1.807) is 12.3 Å². The molecule has 0 saturated carbocycles. The van der Waals surface area contributed by atoms with Crippen molar-refractivity contribution in [3.05, 3.63) is 36.3 Å². The van der Waals surface area contributed by atoms with E-state index in [1.165, 1.54) is 12.1 Å². The Hall–Kier alpha value is -1.75. The van der Waals surface area contributed by atoms with Crippen molar-refractivity contribution in [2.45, 2.75) is 12.5 Å². The molecule has 2 aromatic rings. The molecule has 1 saturated heterocycles. The van der Waals surface area contributed by atoms with Crippen molar-refractivity contribution in [2.75, 3.05) is 13.1 Å². The van der Waals surface area contributed by atoms with Crippen molar-refractivity contribution in [2.24, 2.45) is 0 Å². The monoisotopic (exact) mass is 232 g/mol. The summed E-state index contributed by atoms with van der Waals surface area (Å²) in [4.78, 5) is 0. The van der Waals surface area contributed by atoms with Gasteiger partial charge in [-0.1, -0.05) is 17.3 Å². The van der Waals surface area contributed by atoms with E-state index >= 15 is 0 Å². The minimum atomic E-state index is -0.236. The van der Waals surface area contributed by atoms with Crippen molar-refractivity contribution in [1.29, 1.82) is 0 Å². The second-order valence-corrected chi connectivity index (χ2v) is 4.22. The lowest BCUT2D eigenvalue weighted by molar-refractivity contribution is 0.480. The highest BCUT2D eigenvalue weighted by atomic mass is 19.1. The van der Waals surface area contributed by atoms with E-state index in [-0.39, 0.29) is 5.82 Å². The Kier molecular flexibility index (Phi) is 2.60. The first-order chi connectivity index (χ1) is 8.34. The predicted molar refractivity (Wildman–Crippen MR) is 61.9 cm³/mol. The Morgan fingerprint density at radius 2 is 2.35 bits per heavy atom. The second kappa shape index (κ2) is 4.25. The molecule has 5 heteroatoms. The number of halogens is 1. The summed E-state index contributed by atoms with van der Waals surface area (Å²) in [6.45, 7) is 1.89. The topological polar surface area (TPSA) is 42.7 Å². The predicted octanol–water partition coefficient (Wildman–Crippen LogP) is 1.62. The van der Waals surface area contributed by atoms with Crippen molar-refractivity contribution in [3.63, 3.8) is 0 Å². The molecule has 2 heterocycles. The van der Waals surface area contributed by atoms with Crippen LogP contribution in [-0.4, -0.2) is 28.1 Å². The van der Waals surface area contributed by atoms with E-state index in [1.807, 2.05) is 10.7 Å². The van der Waals surface area contributed by atoms with E-state index < -0.39 is 0 Å². The van der Waals surface area contributed by atoms with E-state index in [9.17, 15) is 4.39 Å². The van der Waals surface area contributed by atoms with Crippen LogP contribution < -0.4 is 5.32 Å². The Labute approximate surface area is 98.5 Å². The van der Waals surface area contributed by atoms with Gasteiger partial charge >= 0.3 is 0 Å². The van der Waals surface area contributed by atoms with Crippen LogP contribution in [0.3, 0.4) is 0 Å². The summed E-state index contributed by atoms with van der Waals surface area (Å²) in [7, 11) is 0. The minimum Gasteiger partial charge on any atom is -0.315 e. The summed E-state index contributed by atoms with van der Waals surface area (Å²) in [6.07, 6.45) is 2.72. The first-order valence-electron chi connectivity index (χ1n) is 5.71. The lowest BCUT2D eigenvalue weighted by Gasteiger charge is -2.12. The first-order valence-corrected chi connectivity index (χ1v) is 5.71. The zero-order chi connectivity index (χ0) is 11.7. The molecule has 0 aliphatic carbocycles. The van der Waals surface area contributed by atoms with Crippen molar-refractivity contribution >= 4 is 0 Å². The lowest BCUT2D eigenvalue weighted by Crippen LogP contribution is -2.15. The largest absolute Gasteiger partial charge is 0.315 e. The number of hydrogen-bond donors (Lipinski definition) is 1. The van der Waals surface area contributed by atoms with Gasteiger partial charge in [0.15, 0.2) is 0 Å². The summed E-state index contributed by atoms with van der Waals surface area (Å²) >= 11 is 0. The van der Waals surface area contributed by atoms with Crippen molar-refractivity contribution in [1.82, 2.24) is 20.3 Å². The number of hydrogen-bond acceptors (Lipinski definition) is 3. The van der Waals surface area contributed by atoms with Gasteiger partial charge in [-0.05, 0) is 25.1 Å². The fraction of sp³-hybridized carbons (Fsp3) is 0.333. The van der Waals surface area contributed by atoms with Crippen LogP contribution in [0.5, 0.6) is 0 Å². The molecule has 0 radical (unpaired) electrons. The maximum absolute atomic E-state index is 13.2. The van der Waals surface area contributed by atoms with Crippen LogP contribution in [0.4, 0.5) is 4.39 Å². The number of rotatable bonds is 2. The summed E-state index contributed by atoms with van der Waals surface area (Å²) < 4.78 is 15.1. The third kappa shape index (κ3) is 1.93. The third-order valence-electron chi connectivity index (χ3n) is 3.08. The smallest absolute Gasteiger partial charge is 0.123 e. The van der Waals surface area contributed by atoms with Gasteiger partial charge in [-0.2, -0.15) is 0 Å². The van der Waals surface area contributed by atoms with Gasteiger partial charge in [0.2, 0.25) is 0 Å². The van der Waals surface area contributed by atoms with Crippen LogP contribution >= 0.6 is 0 Å².